The number of anilines is 1. The fraction of sp³-hybridized carbons (Fsp3) is 0.200. The Kier molecular flexibility index (Phi) is 3.80. The molecule has 4 heteroatoms. The van der Waals surface area contributed by atoms with E-state index in [0.717, 1.165) is 12.4 Å². The maximum absolute atomic E-state index is 7.59. The third kappa shape index (κ3) is 3.10. The molecule has 0 saturated carbocycles. The molecule has 98 valence electrons. The van der Waals surface area contributed by atoms with Crippen LogP contribution in [0.25, 0.3) is 0 Å². The van der Waals surface area contributed by atoms with E-state index >= 15 is 0 Å². The quantitative estimate of drug-likeness (QED) is 0.650. The zero-order chi connectivity index (χ0) is 13.8. The van der Waals surface area contributed by atoms with Crippen molar-refractivity contribution in [1.82, 2.24) is 4.98 Å². The van der Waals surface area contributed by atoms with Crippen LogP contribution in [0.2, 0.25) is 0 Å². The van der Waals surface area contributed by atoms with Gasteiger partial charge in [0, 0.05) is 19.8 Å². The first-order chi connectivity index (χ1) is 9.08. The van der Waals surface area contributed by atoms with E-state index in [4.69, 9.17) is 11.1 Å². The number of nitrogen functional groups attached to an aromatic ring is 1. The van der Waals surface area contributed by atoms with Gasteiger partial charge in [0.05, 0.1) is 5.56 Å². The van der Waals surface area contributed by atoms with E-state index in [1.807, 2.05) is 18.0 Å². The number of pyridine rings is 1. The van der Waals surface area contributed by atoms with Crippen LogP contribution < -0.4 is 10.6 Å². The molecule has 3 N–H and O–H groups in total. The molecule has 0 spiro atoms. The largest absolute Gasteiger partial charge is 0.384 e. The van der Waals surface area contributed by atoms with Gasteiger partial charge in [0.2, 0.25) is 0 Å². The van der Waals surface area contributed by atoms with E-state index < -0.39 is 0 Å². The van der Waals surface area contributed by atoms with E-state index in [0.29, 0.717) is 5.56 Å². The summed E-state index contributed by atoms with van der Waals surface area (Å²) < 4.78 is 0. The van der Waals surface area contributed by atoms with Gasteiger partial charge in [0.25, 0.3) is 0 Å². The van der Waals surface area contributed by atoms with Gasteiger partial charge < -0.3 is 10.6 Å². The van der Waals surface area contributed by atoms with Gasteiger partial charge in [-0.3, -0.25) is 5.41 Å². The Morgan fingerprint density at radius 1 is 1.26 bits per heavy atom. The number of aromatic nitrogens is 1. The van der Waals surface area contributed by atoms with Crippen molar-refractivity contribution in [3.8, 4) is 0 Å². The third-order valence-corrected chi connectivity index (χ3v) is 2.98. The molecule has 2 aromatic rings. The zero-order valence-electron chi connectivity index (χ0n) is 11.2. The van der Waals surface area contributed by atoms with Crippen LogP contribution in [0, 0.1) is 12.3 Å². The van der Waals surface area contributed by atoms with Gasteiger partial charge in [-0.05, 0) is 24.6 Å². The maximum atomic E-state index is 7.59. The normalized spacial score (nSPS) is 10.2. The lowest BCUT2D eigenvalue weighted by Gasteiger charge is -2.20. The van der Waals surface area contributed by atoms with Crippen LogP contribution in [-0.4, -0.2) is 17.9 Å². The molecule has 1 aromatic heterocycles. The van der Waals surface area contributed by atoms with Crippen LogP contribution in [-0.2, 0) is 6.54 Å². The van der Waals surface area contributed by atoms with Gasteiger partial charge in [-0.25, -0.2) is 4.98 Å². The van der Waals surface area contributed by atoms with Crippen molar-refractivity contribution in [3.63, 3.8) is 0 Å². The van der Waals surface area contributed by atoms with Crippen molar-refractivity contribution >= 4 is 11.7 Å². The number of rotatable bonds is 4. The molecule has 0 saturated heterocycles. The SMILES string of the molecule is Cc1ccc(CN(C)c2ncccc2C(=N)N)cc1. The average molecular weight is 254 g/mol. The summed E-state index contributed by atoms with van der Waals surface area (Å²) in [5.41, 5.74) is 8.69. The van der Waals surface area contributed by atoms with E-state index in [-0.39, 0.29) is 5.84 Å². The molecule has 0 radical (unpaired) electrons. The van der Waals surface area contributed by atoms with Crippen molar-refractivity contribution in [1.29, 1.82) is 5.41 Å². The lowest BCUT2D eigenvalue weighted by molar-refractivity contribution is 0.895. The lowest BCUT2D eigenvalue weighted by atomic mass is 10.1. The summed E-state index contributed by atoms with van der Waals surface area (Å²) in [6.45, 7) is 2.80. The minimum Gasteiger partial charge on any atom is -0.384 e. The number of nitrogens with two attached hydrogens (primary N) is 1. The Morgan fingerprint density at radius 2 is 1.95 bits per heavy atom. The minimum atomic E-state index is 0.0406. The molecule has 0 bridgehead atoms. The standard InChI is InChI=1S/C15H18N4/c1-11-5-7-12(8-6-11)10-19(2)15-13(14(16)17)4-3-9-18-15/h3-9H,10H2,1-2H3,(H3,16,17). The molecule has 0 fully saturated rings. The maximum Gasteiger partial charge on any atom is 0.139 e. The highest BCUT2D eigenvalue weighted by molar-refractivity contribution is 5.99. The summed E-state index contributed by atoms with van der Waals surface area (Å²) in [6.07, 6.45) is 1.72. The molecule has 4 nitrogen and oxygen atoms in total. The molecule has 0 aliphatic heterocycles. The van der Waals surface area contributed by atoms with Crippen molar-refractivity contribution in [2.45, 2.75) is 13.5 Å². The first kappa shape index (κ1) is 13.1. The first-order valence-electron chi connectivity index (χ1n) is 6.14. The topological polar surface area (TPSA) is 66.0 Å². The lowest BCUT2D eigenvalue weighted by Crippen LogP contribution is -2.23. The van der Waals surface area contributed by atoms with E-state index in [2.05, 4.69) is 36.2 Å². The summed E-state index contributed by atoms with van der Waals surface area (Å²) in [7, 11) is 1.95. The second kappa shape index (κ2) is 5.52. The second-order valence-electron chi connectivity index (χ2n) is 4.63. The van der Waals surface area contributed by atoms with Crippen molar-refractivity contribution < 1.29 is 0 Å². The monoisotopic (exact) mass is 254 g/mol. The first-order valence-corrected chi connectivity index (χ1v) is 6.14. The van der Waals surface area contributed by atoms with Crippen LogP contribution in [0.1, 0.15) is 16.7 Å². The van der Waals surface area contributed by atoms with E-state index in [1.54, 1.807) is 12.3 Å². The number of hydrogen-bond acceptors (Lipinski definition) is 3. The molecule has 19 heavy (non-hydrogen) atoms. The molecular weight excluding hydrogens is 236 g/mol. The molecule has 2 rings (SSSR count). The molecule has 0 amide bonds. The Bertz CT molecular complexity index is 575. The van der Waals surface area contributed by atoms with E-state index in [1.165, 1.54) is 11.1 Å². The molecular formula is C15H18N4. The van der Waals surface area contributed by atoms with E-state index in [9.17, 15) is 0 Å². The summed E-state index contributed by atoms with van der Waals surface area (Å²) >= 11 is 0. The Hall–Kier alpha value is -2.36. The van der Waals surface area contributed by atoms with Gasteiger partial charge >= 0.3 is 0 Å². The van der Waals surface area contributed by atoms with Crippen molar-refractivity contribution in [2.75, 3.05) is 11.9 Å². The van der Waals surface area contributed by atoms with Gasteiger partial charge in [-0.1, -0.05) is 29.8 Å². The number of amidine groups is 1. The van der Waals surface area contributed by atoms with Crippen LogP contribution in [0.5, 0.6) is 0 Å². The minimum absolute atomic E-state index is 0.0406. The average Bonchev–Trinajstić information content (AvgIpc) is 2.41. The molecule has 0 atom stereocenters. The number of nitrogens with zero attached hydrogens (tertiary/aromatic N) is 2. The number of benzene rings is 1. The van der Waals surface area contributed by atoms with Gasteiger partial charge in [0.15, 0.2) is 0 Å². The summed E-state index contributed by atoms with van der Waals surface area (Å²) in [6, 6.07) is 12.0. The van der Waals surface area contributed by atoms with Crippen molar-refractivity contribution in [2.24, 2.45) is 5.73 Å². The fourth-order valence-corrected chi connectivity index (χ4v) is 1.95. The Labute approximate surface area is 113 Å². The predicted molar refractivity (Wildman–Crippen MR) is 78.5 cm³/mol. The molecule has 0 aliphatic carbocycles. The van der Waals surface area contributed by atoms with Gasteiger partial charge in [-0.2, -0.15) is 0 Å². The predicted octanol–water partition coefficient (Wildman–Crippen LogP) is 2.31. The molecule has 1 heterocycles. The smallest absolute Gasteiger partial charge is 0.139 e. The number of hydrogen-bond donors (Lipinski definition) is 2. The van der Waals surface area contributed by atoms with Gasteiger partial charge in [0.1, 0.15) is 11.7 Å². The molecule has 0 unspecified atom stereocenters. The highest BCUT2D eigenvalue weighted by Crippen LogP contribution is 2.17. The van der Waals surface area contributed by atoms with Gasteiger partial charge in [-0.15, -0.1) is 0 Å². The van der Waals surface area contributed by atoms with Crippen molar-refractivity contribution in [3.05, 3.63) is 59.3 Å². The zero-order valence-corrected chi connectivity index (χ0v) is 11.2. The van der Waals surface area contributed by atoms with Crippen LogP contribution in [0.4, 0.5) is 5.82 Å². The van der Waals surface area contributed by atoms with Crippen LogP contribution in [0.15, 0.2) is 42.6 Å². The Morgan fingerprint density at radius 3 is 2.58 bits per heavy atom. The number of nitrogens with one attached hydrogen (secondary N) is 1. The fourth-order valence-electron chi connectivity index (χ4n) is 1.95. The summed E-state index contributed by atoms with van der Waals surface area (Å²) in [4.78, 5) is 6.32. The summed E-state index contributed by atoms with van der Waals surface area (Å²) in [5.74, 6) is 0.773. The molecule has 0 aliphatic rings. The Balaban J connectivity index is 2.22. The second-order valence-corrected chi connectivity index (χ2v) is 4.63. The summed E-state index contributed by atoms with van der Waals surface area (Å²) in [5, 5.41) is 7.59. The third-order valence-electron chi connectivity index (χ3n) is 2.98. The van der Waals surface area contributed by atoms with Crippen LogP contribution >= 0.6 is 0 Å². The highest BCUT2D eigenvalue weighted by Gasteiger charge is 2.10. The molecule has 1 aromatic carbocycles. The number of aryl methyl sites for hydroxylation is 1. The highest BCUT2D eigenvalue weighted by atomic mass is 15.2. The van der Waals surface area contributed by atoms with Crippen LogP contribution in [0.3, 0.4) is 0 Å².